The SMILES string of the molecule is C=C(OC(C)C)c1cccc[n+]1C(C)C. The van der Waals surface area contributed by atoms with Crippen molar-refractivity contribution in [2.75, 3.05) is 0 Å². The van der Waals surface area contributed by atoms with Crippen LogP contribution in [0.25, 0.3) is 5.76 Å². The standard InChI is InChI=1S/C13H20NO/c1-10(2)14-9-7-6-8-13(14)12(5)15-11(3)4/h6-11H,5H2,1-4H3/q+1. The van der Waals surface area contributed by atoms with Crippen molar-refractivity contribution in [1.29, 1.82) is 0 Å². The van der Waals surface area contributed by atoms with E-state index >= 15 is 0 Å². The molecule has 0 radical (unpaired) electrons. The van der Waals surface area contributed by atoms with Crippen molar-refractivity contribution in [3.05, 3.63) is 36.7 Å². The lowest BCUT2D eigenvalue weighted by atomic mass is 10.2. The van der Waals surface area contributed by atoms with E-state index in [1.54, 1.807) is 0 Å². The zero-order chi connectivity index (χ0) is 11.4. The Morgan fingerprint density at radius 1 is 1.27 bits per heavy atom. The molecule has 0 fully saturated rings. The maximum atomic E-state index is 5.61. The van der Waals surface area contributed by atoms with Crippen molar-refractivity contribution in [2.24, 2.45) is 0 Å². The Balaban J connectivity index is 2.97. The van der Waals surface area contributed by atoms with E-state index in [2.05, 4.69) is 31.2 Å². The smallest absolute Gasteiger partial charge is 0.247 e. The summed E-state index contributed by atoms with van der Waals surface area (Å²) in [5.74, 6) is 0.735. The molecule has 0 saturated heterocycles. The normalized spacial score (nSPS) is 10.8. The van der Waals surface area contributed by atoms with Crippen LogP contribution in [-0.2, 0) is 4.74 Å². The quantitative estimate of drug-likeness (QED) is 0.545. The summed E-state index contributed by atoms with van der Waals surface area (Å²) in [5.41, 5.74) is 1.04. The molecular formula is C13H20NO+. The van der Waals surface area contributed by atoms with Crippen LogP contribution in [0.5, 0.6) is 0 Å². The highest BCUT2D eigenvalue weighted by molar-refractivity contribution is 5.50. The molecule has 0 amide bonds. The Hall–Kier alpha value is -1.31. The molecule has 0 unspecified atom stereocenters. The molecule has 0 N–H and O–H groups in total. The first kappa shape index (κ1) is 11.8. The van der Waals surface area contributed by atoms with Crippen molar-refractivity contribution in [1.82, 2.24) is 0 Å². The predicted octanol–water partition coefficient (Wildman–Crippen LogP) is 2.95. The first-order valence-corrected chi connectivity index (χ1v) is 5.38. The third-order valence-corrected chi connectivity index (χ3v) is 2.11. The molecular weight excluding hydrogens is 186 g/mol. The Morgan fingerprint density at radius 3 is 2.47 bits per heavy atom. The fourth-order valence-corrected chi connectivity index (χ4v) is 1.49. The Bertz CT molecular complexity index is 342. The summed E-state index contributed by atoms with van der Waals surface area (Å²) in [4.78, 5) is 0. The van der Waals surface area contributed by atoms with Crippen LogP contribution in [0.15, 0.2) is 31.0 Å². The highest BCUT2D eigenvalue weighted by atomic mass is 16.5. The topological polar surface area (TPSA) is 13.1 Å². The Morgan fingerprint density at radius 2 is 1.93 bits per heavy atom. The molecule has 2 heteroatoms. The molecule has 0 aliphatic carbocycles. The summed E-state index contributed by atoms with van der Waals surface area (Å²) < 4.78 is 7.77. The number of pyridine rings is 1. The monoisotopic (exact) mass is 206 g/mol. The molecule has 0 saturated carbocycles. The van der Waals surface area contributed by atoms with Crippen LogP contribution in [-0.4, -0.2) is 6.10 Å². The van der Waals surface area contributed by atoms with E-state index in [4.69, 9.17) is 4.74 Å². The van der Waals surface area contributed by atoms with Gasteiger partial charge >= 0.3 is 0 Å². The average Bonchev–Trinajstić information content (AvgIpc) is 2.16. The molecule has 0 atom stereocenters. The molecule has 1 aromatic heterocycles. The maximum Gasteiger partial charge on any atom is 0.247 e. The summed E-state index contributed by atoms with van der Waals surface area (Å²) in [5, 5.41) is 0. The van der Waals surface area contributed by atoms with Gasteiger partial charge in [-0.2, -0.15) is 4.57 Å². The Kier molecular flexibility index (Phi) is 3.89. The third kappa shape index (κ3) is 3.08. The van der Waals surface area contributed by atoms with Gasteiger partial charge in [0.2, 0.25) is 5.69 Å². The van der Waals surface area contributed by atoms with E-state index in [0.29, 0.717) is 6.04 Å². The van der Waals surface area contributed by atoms with Crippen LogP contribution >= 0.6 is 0 Å². The van der Waals surface area contributed by atoms with E-state index in [-0.39, 0.29) is 6.10 Å². The third-order valence-electron chi connectivity index (χ3n) is 2.11. The number of ether oxygens (including phenoxy) is 1. The van der Waals surface area contributed by atoms with Crippen LogP contribution in [0.2, 0.25) is 0 Å². The molecule has 1 rings (SSSR count). The lowest BCUT2D eigenvalue weighted by molar-refractivity contribution is -0.719. The van der Waals surface area contributed by atoms with Gasteiger partial charge in [-0.15, -0.1) is 0 Å². The van der Waals surface area contributed by atoms with Crippen molar-refractivity contribution >= 4 is 5.76 Å². The van der Waals surface area contributed by atoms with Crippen molar-refractivity contribution < 1.29 is 9.30 Å². The lowest BCUT2D eigenvalue weighted by Crippen LogP contribution is -2.40. The largest absolute Gasteiger partial charge is 0.485 e. The van der Waals surface area contributed by atoms with Crippen molar-refractivity contribution in [3.63, 3.8) is 0 Å². The summed E-state index contributed by atoms with van der Waals surface area (Å²) in [6, 6.07) is 6.47. The van der Waals surface area contributed by atoms with Gasteiger partial charge in [0, 0.05) is 12.1 Å². The second-order valence-electron chi connectivity index (χ2n) is 4.18. The van der Waals surface area contributed by atoms with E-state index in [1.807, 2.05) is 32.0 Å². The molecule has 82 valence electrons. The van der Waals surface area contributed by atoms with E-state index in [9.17, 15) is 0 Å². The van der Waals surface area contributed by atoms with Gasteiger partial charge in [0.1, 0.15) is 0 Å². The van der Waals surface area contributed by atoms with Crippen molar-refractivity contribution in [3.8, 4) is 0 Å². The van der Waals surface area contributed by atoms with Gasteiger partial charge < -0.3 is 4.74 Å². The second-order valence-corrected chi connectivity index (χ2v) is 4.18. The zero-order valence-electron chi connectivity index (χ0n) is 10.0. The van der Waals surface area contributed by atoms with Crippen LogP contribution in [0.1, 0.15) is 39.4 Å². The van der Waals surface area contributed by atoms with Gasteiger partial charge in [0.25, 0.3) is 0 Å². The number of nitrogens with zero attached hydrogens (tertiary/aromatic N) is 1. The van der Waals surface area contributed by atoms with Gasteiger partial charge in [-0.1, -0.05) is 0 Å². The lowest BCUT2D eigenvalue weighted by Gasteiger charge is -2.12. The minimum absolute atomic E-state index is 0.165. The highest BCUT2D eigenvalue weighted by Gasteiger charge is 2.17. The van der Waals surface area contributed by atoms with Crippen LogP contribution < -0.4 is 4.57 Å². The summed E-state index contributed by atoms with van der Waals surface area (Å²) in [6.07, 6.45) is 2.22. The van der Waals surface area contributed by atoms with Gasteiger partial charge in [0.15, 0.2) is 18.0 Å². The van der Waals surface area contributed by atoms with Gasteiger partial charge in [-0.05, 0) is 40.3 Å². The molecule has 1 heterocycles. The molecule has 0 aromatic carbocycles. The van der Waals surface area contributed by atoms with Crippen LogP contribution in [0.4, 0.5) is 0 Å². The van der Waals surface area contributed by atoms with Gasteiger partial charge in [0.05, 0.1) is 6.10 Å². The van der Waals surface area contributed by atoms with E-state index < -0.39 is 0 Å². The van der Waals surface area contributed by atoms with Crippen LogP contribution in [0.3, 0.4) is 0 Å². The molecule has 0 aliphatic rings. The maximum absolute atomic E-state index is 5.61. The number of rotatable bonds is 4. The molecule has 1 aromatic rings. The minimum atomic E-state index is 0.165. The van der Waals surface area contributed by atoms with E-state index in [1.165, 1.54) is 0 Å². The highest BCUT2D eigenvalue weighted by Crippen LogP contribution is 2.12. The summed E-state index contributed by atoms with van der Waals surface area (Å²) >= 11 is 0. The Labute approximate surface area is 92.2 Å². The fourth-order valence-electron chi connectivity index (χ4n) is 1.49. The average molecular weight is 206 g/mol. The first-order chi connectivity index (χ1) is 7.02. The molecule has 0 spiro atoms. The first-order valence-electron chi connectivity index (χ1n) is 5.38. The summed E-state index contributed by atoms with van der Waals surface area (Å²) in [6.45, 7) is 12.3. The fraction of sp³-hybridized carbons (Fsp3) is 0.462. The molecule has 15 heavy (non-hydrogen) atoms. The number of hydrogen-bond acceptors (Lipinski definition) is 1. The van der Waals surface area contributed by atoms with Crippen molar-refractivity contribution in [2.45, 2.75) is 39.8 Å². The molecule has 0 aliphatic heterocycles. The summed E-state index contributed by atoms with van der Waals surface area (Å²) in [7, 11) is 0. The van der Waals surface area contributed by atoms with E-state index in [0.717, 1.165) is 11.5 Å². The minimum Gasteiger partial charge on any atom is -0.485 e. The second kappa shape index (κ2) is 4.96. The zero-order valence-corrected chi connectivity index (χ0v) is 10.0. The number of aromatic nitrogens is 1. The molecule has 0 bridgehead atoms. The van der Waals surface area contributed by atoms with Gasteiger partial charge in [-0.3, -0.25) is 0 Å². The molecule has 2 nitrogen and oxygen atoms in total. The predicted molar refractivity (Wildman–Crippen MR) is 62.3 cm³/mol. The number of hydrogen-bond donors (Lipinski definition) is 0. The van der Waals surface area contributed by atoms with Gasteiger partial charge in [-0.25, -0.2) is 0 Å². The van der Waals surface area contributed by atoms with Crippen LogP contribution in [0, 0.1) is 0 Å².